The van der Waals surface area contributed by atoms with Crippen LogP contribution in [0, 0.1) is 4.77 Å². The third-order valence-corrected chi connectivity index (χ3v) is 7.92. The van der Waals surface area contributed by atoms with Crippen molar-refractivity contribution >= 4 is 57.0 Å². The molecule has 4 aromatic heterocycles. The van der Waals surface area contributed by atoms with Gasteiger partial charge in [-0.2, -0.15) is 26.3 Å². The Labute approximate surface area is 300 Å². The summed E-state index contributed by atoms with van der Waals surface area (Å²) in [6.07, 6.45) is -2.52. The van der Waals surface area contributed by atoms with Crippen LogP contribution in [0.4, 0.5) is 26.3 Å². The van der Waals surface area contributed by atoms with Crippen molar-refractivity contribution in [2.45, 2.75) is 76.6 Å². The molecule has 0 bridgehead atoms. The summed E-state index contributed by atoms with van der Waals surface area (Å²) in [4.78, 5) is 51.3. The van der Waals surface area contributed by atoms with Gasteiger partial charge in [-0.05, 0) is 82.7 Å². The van der Waals surface area contributed by atoms with E-state index in [1.807, 2.05) is 49.8 Å². The standard InChI is InChI=1S/C15H16F3N3OS.C10H12BrNO.C5H3F3N2OS.ClH/c1-3-9-5-6-19-11(4-2)10(9)8-23-14-20-12(15(16,17)18)7-13(22)21-14;1-3-7-5-6-12-8(4-2)9(7)10(11)13;6-5(7,8)2-1-3(11)10-4(12)9-2;/h5-7H,3-4,8H2,1-2H3,(H,20,21,22);5-6H,3-4H2,1-2H3;1H,(H2,9,10,11,12);1H. The zero-order valence-electron chi connectivity index (χ0n) is 26.4. The largest absolute Gasteiger partial charge is 0.433 e. The highest BCUT2D eigenvalue weighted by Crippen LogP contribution is 2.29. The third kappa shape index (κ3) is 13.5. The molecule has 0 atom stereocenters. The molecule has 0 unspecified atom stereocenters. The van der Waals surface area contributed by atoms with Gasteiger partial charge < -0.3 is 9.97 Å². The molecule has 268 valence electrons. The van der Waals surface area contributed by atoms with Gasteiger partial charge in [-0.25, -0.2) is 4.98 Å². The molecule has 0 radical (unpaired) electrons. The summed E-state index contributed by atoms with van der Waals surface area (Å²) in [6.45, 7) is 8.02. The quantitative estimate of drug-likeness (QED) is 0.0532. The van der Waals surface area contributed by atoms with Crippen molar-refractivity contribution in [3.63, 3.8) is 0 Å². The van der Waals surface area contributed by atoms with Crippen LogP contribution < -0.4 is 11.1 Å². The number of H-pyrrole nitrogens is 3. The monoisotopic (exact) mass is 816 g/mol. The Morgan fingerprint density at radius 3 is 1.86 bits per heavy atom. The average molecular weight is 818 g/mol. The number of nitrogens with one attached hydrogen (secondary N) is 3. The first kappa shape index (κ1) is 43.7. The molecule has 0 aliphatic carbocycles. The first-order valence-electron chi connectivity index (χ1n) is 14.3. The lowest BCUT2D eigenvalue weighted by atomic mass is 10.0. The van der Waals surface area contributed by atoms with Gasteiger partial charge in [0.1, 0.15) is 5.69 Å². The molecule has 0 fully saturated rings. The second-order valence-electron chi connectivity index (χ2n) is 9.60. The predicted molar refractivity (Wildman–Crippen MR) is 183 cm³/mol. The Bertz CT molecular complexity index is 1810. The number of pyridine rings is 2. The van der Waals surface area contributed by atoms with Crippen molar-refractivity contribution in [1.29, 1.82) is 0 Å². The van der Waals surface area contributed by atoms with Gasteiger partial charge in [0.2, 0.25) is 4.69 Å². The molecule has 0 aromatic carbocycles. The molecule has 0 amide bonds. The maximum atomic E-state index is 12.7. The van der Waals surface area contributed by atoms with Crippen molar-refractivity contribution in [1.82, 2.24) is 29.9 Å². The van der Waals surface area contributed by atoms with Crippen LogP contribution >= 0.6 is 52.3 Å². The molecular weight excluding hydrogens is 786 g/mol. The Morgan fingerprint density at radius 2 is 1.37 bits per heavy atom. The number of carbonyl (C=O) groups is 1. The highest BCUT2D eigenvalue weighted by Gasteiger charge is 2.33. The maximum absolute atomic E-state index is 12.7. The number of rotatable bonds is 8. The molecule has 0 saturated carbocycles. The number of hydrogen-bond acceptors (Lipinski definition) is 8. The fourth-order valence-electron chi connectivity index (χ4n) is 4.16. The number of hydrogen-bond donors (Lipinski definition) is 3. The molecule has 0 aliphatic rings. The summed E-state index contributed by atoms with van der Waals surface area (Å²) in [5.74, 6) is 0.407. The number of aryl methyl sites for hydroxylation is 4. The lowest BCUT2D eigenvalue weighted by molar-refractivity contribution is -0.142. The highest BCUT2D eigenvalue weighted by molar-refractivity contribution is 9.18. The van der Waals surface area contributed by atoms with Gasteiger partial charge >= 0.3 is 12.4 Å². The average Bonchev–Trinajstić information content (AvgIpc) is 3.02. The Balaban J connectivity index is 0.000000394. The minimum absolute atomic E-state index is 0. The summed E-state index contributed by atoms with van der Waals surface area (Å²) in [7, 11) is 0. The van der Waals surface area contributed by atoms with Gasteiger partial charge in [-0.1, -0.05) is 39.5 Å². The van der Waals surface area contributed by atoms with E-state index >= 15 is 0 Å². The zero-order chi connectivity index (χ0) is 36.2. The van der Waals surface area contributed by atoms with Gasteiger partial charge in [0.25, 0.3) is 11.1 Å². The van der Waals surface area contributed by atoms with Crippen LogP contribution in [-0.2, 0) is 43.8 Å². The Kier molecular flexibility index (Phi) is 17.6. The maximum Gasteiger partial charge on any atom is 0.433 e. The molecule has 19 heteroatoms. The summed E-state index contributed by atoms with van der Waals surface area (Å²) in [5, 5.41) is -0.0437. The number of alkyl halides is 6. The van der Waals surface area contributed by atoms with E-state index < -0.39 is 34.9 Å². The fraction of sp³-hybridized carbons (Fsp3) is 0.367. The molecule has 3 N–H and O–H groups in total. The SMILES string of the molecule is CCc1ccnc(CC)c1C(=O)Br.CCc1ccnc(CC)c1CSc1nc(C(F)(F)F)cc(=O)[nH]1.Cl.O=c1cc(C(F)(F)F)[nH]c(=S)[nH]1. The second kappa shape index (κ2) is 19.7. The molecule has 4 aromatic rings. The smallest absolute Gasteiger partial charge is 0.328 e. The minimum Gasteiger partial charge on any atom is -0.328 e. The number of halogens is 8. The van der Waals surface area contributed by atoms with Crippen LogP contribution in [0.15, 0.2) is 51.4 Å². The van der Waals surface area contributed by atoms with E-state index in [-0.39, 0.29) is 27.0 Å². The molecule has 0 spiro atoms. The number of aromatic nitrogens is 6. The van der Waals surface area contributed by atoms with Crippen molar-refractivity contribution < 1.29 is 31.1 Å². The first-order chi connectivity index (χ1) is 22.4. The molecule has 9 nitrogen and oxygen atoms in total. The van der Waals surface area contributed by atoms with Crippen molar-refractivity contribution in [3.8, 4) is 0 Å². The van der Waals surface area contributed by atoms with E-state index in [9.17, 15) is 40.7 Å². The summed E-state index contributed by atoms with van der Waals surface area (Å²) < 4.78 is 73.5. The Hall–Kier alpha value is -3.35. The van der Waals surface area contributed by atoms with E-state index in [2.05, 4.69) is 48.1 Å². The van der Waals surface area contributed by atoms with Gasteiger partial charge in [0, 0.05) is 36.0 Å². The summed E-state index contributed by atoms with van der Waals surface area (Å²) in [5.41, 5.74) is 1.67. The minimum atomic E-state index is -4.64. The third-order valence-electron chi connectivity index (χ3n) is 6.42. The fourth-order valence-corrected chi connectivity index (χ4v) is 5.82. The molecule has 49 heavy (non-hydrogen) atoms. The van der Waals surface area contributed by atoms with E-state index in [0.29, 0.717) is 17.9 Å². The Morgan fingerprint density at radius 1 is 0.816 bits per heavy atom. The van der Waals surface area contributed by atoms with Crippen LogP contribution in [0.25, 0.3) is 0 Å². The molecule has 0 aliphatic heterocycles. The van der Waals surface area contributed by atoms with Crippen LogP contribution in [0.2, 0.25) is 0 Å². The summed E-state index contributed by atoms with van der Waals surface area (Å²) in [6, 6.07) is 4.67. The topological polar surface area (TPSA) is 137 Å². The van der Waals surface area contributed by atoms with Crippen molar-refractivity contribution in [3.05, 3.63) is 107 Å². The lowest BCUT2D eigenvalue weighted by Crippen LogP contribution is -2.16. The normalized spacial score (nSPS) is 11.0. The van der Waals surface area contributed by atoms with Gasteiger partial charge in [0.15, 0.2) is 15.6 Å². The van der Waals surface area contributed by atoms with Crippen LogP contribution in [-0.4, -0.2) is 34.6 Å². The van der Waals surface area contributed by atoms with E-state index in [1.165, 1.54) is 0 Å². The van der Waals surface area contributed by atoms with Gasteiger partial charge in [-0.15, -0.1) is 12.4 Å². The van der Waals surface area contributed by atoms with Crippen LogP contribution in [0.3, 0.4) is 0 Å². The van der Waals surface area contributed by atoms with E-state index in [0.717, 1.165) is 71.1 Å². The van der Waals surface area contributed by atoms with Gasteiger partial charge in [0.05, 0.1) is 11.3 Å². The van der Waals surface area contributed by atoms with Crippen LogP contribution in [0.5, 0.6) is 0 Å². The first-order valence-corrected chi connectivity index (χ1v) is 16.5. The zero-order valence-corrected chi connectivity index (χ0v) is 30.5. The van der Waals surface area contributed by atoms with Gasteiger partial charge in [-0.3, -0.25) is 29.3 Å². The number of thioether (sulfide) groups is 1. The highest BCUT2D eigenvalue weighted by atomic mass is 79.9. The summed E-state index contributed by atoms with van der Waals surface area (Å²) >= 11 is 8.40. The van der Waals surface area contributed by atoms with E-state index in [4.69, 9.17) is 0 Å². The molecule has 0 saturated heterocycles. The lowest BCUT2D eigenvalue weighted by Gasteiger charge is -2.12. The van der Waals surface area contributed by atoms with Crippen molar-refractivity contribution in [2.24, 2.45) is 0 Å². The number of nitrogens with zero attached hydrogens (tertiary/aromatic N) is 3. The second-order valence-corrected chi connectivity index (χ2v) is 11.7. The number of carbonyl (C=O) groups excluding carboxylic acids is 1. The van der Waals surface area contributed by atoms with Crippen LogP contribution in [0.1, 0.15) is 77.5 Å². The predicted octanol–water partition coefficient (Wildman–Crippen LogP) is 8.22. The molecular formula is C30H32BrClF6N6O3S2. The number of aromatic amines is 3. The van der Waals surface area contributed by atoms with E-state index in [1.54, 1.807) is 12.4 Å². The molecule has 4 rings (SSSR count). The van der Waals surface area contributed by atoms with Crippen molar-refractivity contribution in [2.75, 3.05) is 0 Å². The molecule has 4 heterocycles.